The SMILES string of the molecule is CCCCCCCCCCCC[C@H](NC(=O)[C@H](CC(=O)OCc1ccccc1)NC(=O)OC(C)(C)C)C(=O)O. The first-order valence-corrected chi connectivity index (χ1v) is 14.2. The van der Waals surface area contributed by atoms with Crippen molar-refractivity contribution < 1.29 is 33.8 Å². The van der Waals surface area contributed by atoms with E-state index in [1.54, 1.807) is 32.9 Å². The second-order valence-electron chi connectivity index (χ2n) is 10.9. The molecule has 0 aliphatic heterocycles. The van der Waals surface area contributed by atoms with Crippen molar-refractivity contribution >= 4 is 23.9 Å². The number of carbonyl (C=O) groups excluding carboxylic acids is 3. The lowest BCUT2D eigenvalue weighted by Crippen LogP contribution is -2.53. The summed E-state index contributed by atoms with van der Waals surface area (Å²) in [5.74, 6) is -2.66. The maximum atomic E-state index is 13.0. The molecule has 9 heteroatoms. The van der Waals surface area contributed by atoms with Crippen LogP contribution in [0.25, 0.3) is 0 Å². The molecule has 3 N–H and O–H groups in total. The summed E-state index contributed by atoms with van der Waals surface area (Å²) in [6.45, 7) is 7.22. The summed E-state index contributed by atoms with van der Waals surface area (Å²) >= 11 is 0. The normalized spacial score (nSPS) is 12.7. The van der Waals surface area contributed by atoms with Gasteiger partial charge in [-0.3, -0.25) is 9.59 Å². The quantitative estimate of drug-likeness (QED) is 0.145. The van der Waals surface area contributed by atoms with Gasteiger partial charge in [-0.05, 0) is 32.8 Å². The molecule has 0 spiro atoms. The Morgan fingerprint density at radius 3 is 1.92 bits per heavy atom. The minimum Gasteiger partial charge on any atom is -0.480 e. The van der Waals surface area contributed by atoms with E-state index in [1.807, 2.05) is 18.2 Å². The summed E-state index contributed by atoms with van der Waals surface area (Å²) < 4.78 is 10.5. The van der Waals surface area contributed by atoms with Gasteiger partial charge in [0, 0.05) is 0 Å². The average Bonchev–Trinajstić information content (AvgIpc) is 2.86. The van der Waals surface area contributed by atoms with Crippen molar-refractivity contribution in [2.24, 2.45) is 0 Å². The number of carboxylic acid groups (broad SMARTS) is 1. The van der Waals surface area contributed by atoms with E-state index in [-0.39, 0.29) is 13.0 Å². The molecule has 39 heavy (non-hydrogen) atoms. The van der Waals surface area contributed by atoms with Gasteiger partial charge in [0.15, 0.2) is 0 Å². The van der Waals surface area contributed by atoms with E-state index in [2.05, 4.69) is 17.6 Å². The molecule has 1 rings (SSSR count). The molecule has 0 aromatic heterocycles. The lowest BCUT2D eigenvalue weighted by Gasteiger charge is -2.24. The summed E-state index contributed by atoms with van der Waals surface area (Å²) in [5.41, 5.74) is -0.0488. The first-order chi connectivity index (χ1) is 18.5. The Morgan fingerprint density at radius 2 is 1.38 bits per heavy atom. The zero-order valence-corrected chi connectivity index (χ0v) is 24.1. The number of amides is 2. The molecule has 0 fully saturated rings. The van der Waals surface area contributed by atoms with Crippen LogP contribution in [0.5, 0.6) is 0 Å². The molecular weight excluding hydrogens is 500 g/mol. The number of unbranched alkanes of at least 4 members (excludes halogenated alkanes) is 9. The Labute approximate surface area is 233 Å². The Bertz CT molecular complexity index is 868. The van der Waals surface area contributed by atoms with Gasteiger partial charge in [-0.25, -0.2) is 9.59 Å². The highest BCUT2D eigenvalue weighted by atomic mass is 16.6. The van der Waals surface area contributed by atoms with E-state index in [0.29, 0.717) is 6.42 Å². The fraction of sp³-hybridized carbons (Fsp3) is 0.667. The number of hydrogen-bond acceptors (Lipinski definition) is 6. The molecule has 1 aromatic rings. The predicted molar refractivity (Wildman–Crippen MR) is 150 cm³/mol. The lowest BCUT2D eigenvalue weighted by atomic mass is 10.0. The predicted octanol–water partition coefficient (Wildman–Crippen LogP) is 5.89. The summed E-state index contributed by atoms with van der Waals surface area (Å²) in [4.78, 5) is 49.6. The summed E-state index contributed by atoms with van der Waals surface area (Å²) in [6, 6.07) is 6.56. The maximum Gasteiger partial charge on any atom is 0.408 e. The highest BCUT2D eigenvalue weighted by Crippen LogP contribution is 2.13. The standard InChI is InChI=1S/C30H48N2O7/c1-5-6-7-8-9-10-11-12-13-17-20-24(28(35)36)31-27(34)25(32-29(37)39-30(2,3)4)21-26(33)38-22-23-18-15-14-16-19-23/h14-16,18-19,24-25H,5-13,17,20-22H2,1-4H3,(H,31,34)(H,32,37)(H,35,36)/t24-,25-/m0/s1. The third-order valence-corrected chi connectivity index (χ3v) is 6.08. The van der Waals surface area contributed by atoms with E-state index in [9.17, 15) is 24.3 Å². The number of benzene rings is 1. The number of carbonyl (C=O) groups is 4. The third-order valence-electron chi connectivity index (χ3n) is 6.08. The highest BCUT2D eigenvalue weighted by Gasteiger charge is 2.30. The number of carboxylic acids is 1. The fourth-order valence-corrected chi connectivity index (χ4v) is 3.99. The summed E-state index contributed by atoms with van der Waals surface area (Å²) in [5, 5.41) is 14.5. The zero-order valence-electron chi connectivity index (χ0n) is 24.1. The van der Waals surface area contributed by atoms with Gasteiger partial charge in [-0.15, -0.1) is 0 Å². The maximum absolute atomic E-state index is 13.0. The first kappa shape index (κ1) is 33.9. The fourth-order valence-electron chi connectivity index (χ4n) is 3.99. The van der Waals surface area contributed by atoms with E-state index in [1.165, 1.54) is 38.5 Å². The Hall–Kier alpha value is -3.10. The van der Waals surface area contributed by atoms with Crippen molar-refractivity contribution in [3.63, 3.8) is 0 Å². The number of aliphatic carboxylic acids is 1. The van der Waals surface area contributed by atoms with Crippen LogP contribution in [-0.2, 0) is 30.5 Å². The van der Waals surface area contributed by atoms with Gasteiger partial charge in [-0.2, -0.15) is 0 Å². The van der Waals surface area contributed by atoms with Gasteiger partial charge < -0.3 is 25.2 Å². The van der Waals surface area contributed by atoms with Crippen LogP contribution in [0.4, 0.5) is 4.79 Å². The lowest BCUT2D eigenvalue weighted by molar-refractivity contribution is -0.147. The largest absolute Gasteiger partial charge is 0.480 e. The molecular formula is C30H48N2O7. The molecule has 2 atom stereocenters. The second-order valence-corrected chi connectivity index (χ2v) is 10.9. The first-order valence-electron chi connectivity index (χ1n) is 14.2. The summed E-state index contributed by atoms with van der Waals surface area (Å²) in [7, 11) is 0. The number of rotatable bonds is 19. The van der Waals surface area contributed by atoms with Crippen LogP contribution in [0.1, 0.15) is 110 Å². The molecule has 0 heterocycles. The second kappa shape index (κ2) is 19.0. The van der Waals surface area contributed by atoms with Crippen LogP contribution < -0.4 is 10.6 Å². The van der Waals surface area contributed by atoms with Crippen LogP contribution in [0.3, 0.4) is 0 Å². The van der Waals surface area contributed by atoms with Crippen LogP contribution >= 0.6 is 0 Å². The van der Waals surface area contributed by atoms with Crippen LogP contribution in [0.15, 0.2) is 30.3 Å². The van der Waals surface area contributed by atoms with Crippen LogP contribution in [0, 0.1) is 0 Å². The van der Waals surface area contributed by atoms with E-state index < -0.39 is 48.0 Å². The van der Waals surface area contributed by atoms with Crippen molar-refractivity contribution in [3.05, 3.63) is 35.9 Å². The van der Waals surface area contributed by atoms with Gasteiger partial charge in [0.05, 0.1) is 6.42 Å². The molecule has 2 amide bonds. The Morgan fingerprint density at radius 1 is 0.821 bits per heavy atom. The smallest absolute Gasteiger partial charge is 0.408 e. The molecule has 0 aliphatic rings. The Kier molecular flexibility index (Phi) is 16.6. The third kappa shape index (κ3) is 17.2. The van der Waals surface area contributed by atoms with E-state index in [0.717, 1.165) is 24.8 Å². The highest BCUT2D eigenvalue weighted by molar-refractivity contribution is 5.92. The van der Waals surface area contributed by atoms with Gasteiger partial charge >= 0.3 is 18.0 Å². The average molecular weight is 549 g/mol. The van der Waals surface area contributed by atoms with Crippen molar-refractivity contribution in [1.82, 2.24) is 10.6 Å². The number of esters is 1. The molecule has 0 saturated carbocycles. The van der Waals surface area contributed by atoms with Gasteiger partial charge in [0.25, 0.3) is 0 Å². The molecule has 0 saturated heterocycles. The Balaban J connectivity index is 2.62. The molecule has 0 radical (unpaired) electrons. The minimum atomic E-state index is -1.35. The molecule has 220 valence electrons. The van der Waals surface area contributed by atoms with Crippen LogP contribution in [-0.4, -0.2) is 46.7 Å². The van der Waals surface area contributed by atoms with Crippen molar-refractivity contribution in [2.75, 3.05) is 0 Å². The van der Waals surface area contributed by atoms with Gasteiger partial charge in [0.2, 0.25) is 5.91 Å². The molecule has 1 aromatic carbocycles. The number of ether oxygens (including phenoxy) is 2. The van der Waals surface area contributed by atoms with Crippen molar-refractivity contribution in [2.45, 2.75) is 129 Å². The van der Waals surface area contributed by atoms with Crippen molar-refractivity contribution in [3.8, 4) is 0 Å². The number of nitrogens with one attached hydrogen (secondary N) is 2. The topological polar surface area (TPSA) is 131 Å². The summed E-state index contributed by atoms with van der Waals surface area (Å²) in [6.07, 6.45) is 10.0. The van der Waals surface area contributed by atoms with Crippen molar-refractivity contribution in [1.29, 1.82) is 0 Å². The molecule has 9 nitrogen and oxygen atoms in total. The van der Waals surface area contributed by atoms with Gasteiger partial charge in [-0.1, -0.05) is 101 Å². The molecule has 0 unspecified atom stereocenters. The van der Waals surface area contributed by atoms with Gasteiger partial charge in [0.1, 0.15) is 24.3 Å². The molecule has 0 bridgehead atoms. The molecule has 0 aliphatic carbocycles. The minimum absolute atomic E-state index is 0.0109. The van der Waals surface area contributed by atoms with E-state index >= 15 is 0 Å². The number of hydrogen-bond donors (Lipinski definition) is 3. The monoisotopic (exact) mass is 548 g/mol. The zero-order chi connectivity index (χ0) is 29.1. The number of alkyl carbamates (subject to hydrolysis) is 1. The van der Waals surface area contributed by atoms with Crippen LogP contribution in [0.2, 0.25) is 0 Å². The van der Waals surface area contributed by atoms with E-state index in [4.69, 9.17) is 9.47 Å².